The van der Waals surface area contributed by atoms with Crippen LogP contribution in [0.1, 0.15) is 47.5 Å². The van der Waals surface area contributed by atoms with Gasteiger partial charge >= 0.3 is 0 Å². The Morgan fingerprint density at radius 1 is 1.22 bits per heavy atom. The molecule has 0 saturated carbocycles. The second-order valence-electron chi connectivity index (χ2n) is 5.22. The highest BCUT2D eigenvalue weighted by atomic mass is 32.7. The lowest BCUT2D eigenvalue weighted by molar-refractivity contribution is 0.187. The van der Waals surface area contributed by atoms with Gasteiger partial charge in [-0.25, -0.2) is 0 Å². The smallest absolute Gasteiger partial charge is 0.254 e. The molecule has 18 heavy (non-hydrogen) atoms. The molecule has 0 N–H and O–H groups in total. The zero-order chi connectivity index (χ0) is 14.2. The highest BCUT2D eigenvalue weighted by Crippen LogP contribution is 2.56. The lowest BCUT2D eigenvalue weighted by Gasteiger charge is -2.30. The third-order valence-corrected chi connectivity index (χ3v) is 6.58. The van der Waals surface area contributed by atoms with Gasteiger partial charge in [-0.05, 0) is 34.1 Å². The van der Waals surface area contributed by atoms with E-state index < -0.39 is 6.57 Å². The molecule has 0 rings (SSSR count). The summed E-state index contributed by atoms with van der Waals surface area (Å²) in [5.74, 6) is 0.871. The molecule has 1 atom stereocenters. The Morgan fingerprint density at radius 2 is 1.78 bits per heavy atom. The summed E-state index contributed by atoms with van der Waals surface area (Å²) in [6.07, 6.45) is 2.07. The molecule has 0 aromatic rings. The van der Waals surface area contributed by atoms with Crippen molar-refractivity contribution in [2.24, 2.45) is 0 Å². The monoisotopic (exact) mass is 295 g/mol. The SMILES string of the molecule is CCCCOP(C)(=O)SCCN(C(C)C)C(C)C. The predicted octanol–water partition coefficient (Wildman–Crippen LogP) is 4.48. The summed E-state index contributed by atoms with van der Waals surface area (Å²) in [6, 6.07) is 1.06. The van der Waals surface area contributed by atoms with Crippen molar-refractivity contribution in [1.29, 1.82) is 0 Å². The Bertz CT molecular complexity index is 251. The van der Waals surface area contributed by atoms with Gasteiger partial charge in [0, 0.05) is 31.0 Å². The summed E-state index contributed by atoms with van der Waals surface area (Å²) in [5, 5.41) is 0. The van der Waals surface area contributed by atoms with Crippen LogP contribution in [0.2, 0.25) is 0 Å². The van der Waals surface area contributed by atoms with Crippen molar-refractivity contribution < 1.29 is 9.09 Å². The van der Waals surface area contributed by atoms with Crippen molar-refractivity contribution >= 4 is 18.0 Å². The summed E-state index contributed by atoms with van der Waals surface area (Å²) < 4.78 is 17.6. The van der Waals surface area contributed by atoms with E-state index in [1.807, 2.05) is 0 Å². The van der Waals surface area contributed by atoms with E-state index in [2.05, 4.69) is 39.5 Å². The maximum absolute atomic E-state index is 12.1. The maximum atomic E-state index is 12.1. The molecule has 0 radical (unpaired) electrons. The first kappa shape index (κ1) is 18.5. The number of hydrogen-bond acceptors (Lipinski definition) is 4. The van der Waals surface area contributed by atoms with Crippen molar-refractivity contribution in [2.75, 3.05) is 25.6 Å². The quantitative estimate of drug-likeness (QED) is 0.439. The molecular formula is C13H30NO2PS. The predicted molar refractivity (Wildman–Crippen MR) is 83.8 cm³/mol. The molecule has 0 bridgehead atoms. The van der Waals surface area contributed by atoms with Gasteiger partial charge in [-0.2, -0.15) is 0 Å². The number of unbranched alkanes of at least 4 members (excludes halogenated alkanes) is 1. The van der Waals surface area contributed by atoms with Gasteiger partial charge in [0.2, 0.25) is 0 Å². The Balaban J connectivity index is 3.96. The minimum absolute atomic E-state index is 0.530. The van der Waals surface area contributed by atoms with Crippen LogP contribution in [-0.2, 0) is 9.09 Å². The summed E-state index contributed by atoms with van der Waals surface area (Å²) >= 11 is 1.48. The van der Waals surface area contributed by atoms with Gasteiger partial charge in [0.15, 0.2) is 0 Å². The molecule has 5 heteroatoms. The van der Waals surface area contributed by atoms with Gasteiger partial charge in [-0.15, -0.1) is 0 Å². The minimum atomic E-state index is -2.45. The molecule has 0 heterocycles. The molecular weight excluding hydrogens is 265 g/mol. The van der Waals surface area contributed by atoms with Gasteiger partial charge in [-0.1, -0.05) is 24.7 Å². The minimum Gasteiger partial charge on any atom is -0.321 e. The van der Waals surface area contributed by atoms with Crippen molar-refractivity contribution in [3.63, 3.8) is 0 Å². The van der Waals surface area contributed by atoms with Crippen molar-refractivity contribution in [3.05, 3.63) is 0 Å². The fourth-order valence-electron chi connectivity index (χ4n) is 1.84. The van der Waals surface area contributed by atoms with E-state index >= 15 is 0 Å². The average Bonchev–Trinajstić information content (AvgIpc) is 2.23. The average molecular weight is 295 g/mol. The van der Waals surface area contributed by atoms with Crippen LogP contribution in [0.5, 0.6) is 0 Å². The Hall–Kier alpha value is 0.500. The van der Waals surface area contributed by atoms with Crippen LogP contribution in [-0.4, -0.2) is 42.6 Å². The molecule has 0 aliphatic heterocycles. The van der Waals surface area contributed by atoms with Crippen LogP contribution in [0.15, 0.2) is 0 Å². The van der Waals surface area contributed by atoms with Crippen LogP contribution in [0, 0.1) is 0 Å². The number of hydrogen-bond donors (Lipinski definition) is 0. The molecule has 0 saturated heterocycles. The molecule has 0 fully saturated rings. The molecule has 1 unspecified atom stereocenters. The molecule has 110 valence electrons. The standard InChI is InChI=1S/C13H30NO2PS/c1-7-8-10-16-17(6,15)18-11-9-14(12(2)3)13(4)5/h12-13H,7-11H2,1-6H3. The second kappa shape index (κ2) is 9.41. The van der Waals surface area contributed by atoms with Crippen LogP contribution in [0.3, 0.4) is 0 Å². The topological polar surface area (TPSA) is 29.5 Å². The zero-order valence-corrected chi connectivity index (χ0v) is 14.5. The van der Waals surface area contributed by atoms with Gasteiger partial charge < -0.3 is 4.52 Å². The van der Waals surface area contributed by atoms with Crippen LogP contribution >= 0.6 is 18.0 Å². The highest BCUT2D eigenvalue weighted by Gasteiger charge is 2.18. The molecule has 0 aromatic heterocycles. The van der Waals surface area contributed by atoms with E-state index in [-0.39, 0.29) is 0 Å². The van der Waals surface area contributed by atoms with Crippen LogP contribution < -0.4 is 0 Å². The van der Waals surface area contributed by atoms with E-state index in [0.717, 1.165) is 25.1 Å². The van der Waals surface area contributed by atoms with E-state index in [4.69, 9.17) is 4.52 Å². The normalized spacial score (nSPS) is 15.6. The molecule has 0 aliphatic carbocycles. The third-order valence-electron chi connectivity index (χ3n) is 2.83. The lowest BCUT2D eigenvalue weighted by Crippen LogP contribution is -2.38. The number of rotatable bonds is 10. The molecule has 3 nitrogen and oxygen atoms in total. The van der Waals surface area contributed by atoms with Crippen molar-refractivity contribution in [1.82, 2.24) is 4.90 Å². The highest BCUT2D eigenvalue weighted by molar-refractivity contribution is 8.56. The van der Waals surface area contributed by atoms with E-state index in [1.54, 1.807) is 6.66 Å². The summed E-state index contributed by atoms with van der Waals surface area (Å²) in [5.41, 5.74) is 0. The first-order chi connectivity index (χ1) is 8.30. The van der Waals surface area contributed by atoms with E-state index in [1.165, 1.54) is 11.4 Å². The molecule has 0 aliphatic rings. The Morgan fingerprint density at radius 3 is 2.22 bits per heavy atom. The fourth-order valence-corrected chi connectivity index (χ4v) is 4.68. The molecule has 0 aromatic carbocycles. The second-order valence-corrected chi connectivity index (χ2v) is 10.4. The zero-order valence-electron chi connectivity index (χ0n) is 12.8. The van der Waals surface area contributed by atoms with Crippen LogP contribution in [0.25, 0.3) is 0 Å². The lowest BCUT2D eigenvalue weighted by atomic mass is 10.2. The summed E-state index contributed by atoms with van der Waals surface area (Å²) in [6.45, 7) is 11.8. The first-order valence-corrected chi connectivity index (χ1v) is 10.6. The fraction of sp³-hybridized carbons (Fsp3) is 1.00. The summed E-state index contributed by atoms with van der Waals surface area (Å²) in [7, 11) is 0. The van der Waals surface area contributed by atoms with Gasteiger partial charge in [0.05, 0.1) is 6.61 Å². The Labute approximate surface area is 117 Å². The molecule has 0 spiro atoms. The summed E-state index contributed by atoms with van der Waals surface area (Å²) in [4.78, 5) is 2.42. The van der Waals surface area contributed by atoms with Crippen LogP contribution in [0.4, 0.5) is 0 Å². The Kier molecular flexibility index (Phi) is 9.67. The van der Waals surface area contributed by atoms with Crippen molar-refractivity contribution in [3.8, 4) is 0 Å². The first-order valence-electron chi connectivity index (χ1n) is 6.92. The van der Waals surface area contributed by atoms with E-state index in [0.29, 0.717) is 18.7 Å². The van der Waals surface area contributed by atoms with Gasteiger partial charge in [0.25, 0.3) is 6.57 Å². The van der Waals surface area contributed by atoms with Gasteiger partial charge in [0.1, 0.15) is 0 Å². The van der Waals surface area contributed by atoms with Crippen molar-refractivity contribution in [2.45, 2.75) is 59.5 Å². The largest absolute Gasteiger partial charge is 0.321 e. The third kappa shape index (κ3) is 8.58. The van der Waals surface area contributed by atoms with E-state index in [9.17, 15) is 4.57 Å². The maximum Gasteiger partial charge on any atom is 0.254 e. The van der Waals surface area contributed by atoms with Gasteiger partial charge in [-0.3, -0.25) is 9.46 Å². The number of nitrogens with zero attached hydrogens (tertiary/aromatic N) is 1. The molecule has 0 amide bonds.